The molecule has 3 N–H and O–H groups in total. The average molecular weight is 348 g/mol. The Morgan fingerprint density at radius 2 is 1.96 bits per heavy atom. The highest BCUT2D eigenvalue weighted by Gasteiger charge is 2.56. The number of hydrogen-bond acceptors (Lipinski definition) is 5. The summed E-state index contributed by atoms with van der Waals surface area (Å²) in [6, 6.07) is 9.11. The molecule has 2 amide bonds. The molecule has 1 fully saturated rings. The number of hydrogen-bond donors (Lipinski definition) is 3. The van der Waals surface area contributed by atoms with Crippen molar-refractivity contribution in [2.24, 2.45) is 0 Å². The molecule has 0 aromatic heterocycles. The number of aliphatic carboxylic acids is 1. The number of fused-ring (bicyclic) bond motifs is 1. The van der Waals surface area contributed by atoms with Gasteiger partial charge in [0.15, 0.2) is 0 Å². The second-order valence-corrected chi connectivity index (χ2v) is 6.77. The minimum absolute atomic E-state index is 0.124. The van der Waals surface area contributed by atoms with Crippen LogP contribution in [-0.4, -0.2) is 50.3 Å². The van der Waals surface area contributed by atoms with Crippen molar-refractivity contribution < 1.29 is 24.6 Å². The van der Waals surface area contributed by atoms with Crippen molar-refractivity contribution in [3.05, 3.63) is 47.2 Å². The number of amides is 2. The first-order chi connectivity index (χ1) is 11.5. The first-order valence-corrected chi connectivity index (χ1v) is 8.27. The van der Waals surface area contributed by atoms with Crippen LogP contribution in [0.15, 0.2) is 41.6 Å². The van der Waals surface area contributed by atoms with E-state index in [1.165, 1.54) is 23.6 Å². The summed E-state index contributed by atoms with van der Waals surface area (Å²) < 4.78 is 0. The lowest BCUT2D eigenvalue weighted by Crippen LogP contribution is -2.62. The van der Waals surface area contributed by atoms with Crippen molar-refractivity contribution in [2.45, 2.75) is 23.6 Å². The van der Waals surface area contributed by atoms with Gasteiger partial charge in [-0.1, -0.05) is 30.3 Å². The summed E-state index contributed by atoms with van der Waals surface area (Å²) in [4.78, 5) is 36.8. The summed E-state index contributed by atoms with van der Waals surface area (Å²) in [5, 5.41) is 20.6. The topological polar surface area (TPSA) is 107 Å². The Labute approximate surface area is 142 Å². The number of carboxylic acid groups (broad SMARTS) is 1. The number of aliphatic hydroxyl groups is 1. The zero-order chi connectivity index (χ0) is 17.4. The number of carbonyl (C=O) groups excluding carboxylic acids is 2. The minimum Gasteiger partial charge on any atom is -0.477 e. The van der Waals surface area contributed by atoms with Gasteiger partial charge in [0.05, 0.1) is 12.5 Å². The number of nitrogens with one attached hydrogen (secondary N) is 1. The van der Waals surface area contributed by atoms with E-state index < -0.39 is 29.2 Å². The summed E-state index contributed by atoms with van der Waals surface area (Å²) in [6.07, 6.45) is 0. The molecule has 7 nitrogen and oxygen atoms in total. The number of β-lactam (4-membered cyclic amide) rings is 1. The number of nitrogens with zero attached hydrogens (tertiary/aromatic N) is 1. The van der Waals surface area contributed by atoms with Gasteiger partial charge in [0, 0.05) is 12.5 Å². The van der Waals surface area contributed by atoms with Gasteiger partial charge in [-0.15, -0.1) is 11.8 Å². The standard InChI is InChI=1S/C16H16N2O5S/c1-8(20)17-13-10(7-19)12(16(22)23)18-14(21)11(15(18)24-13)9-5-3-2-4-6-9/h2-6,11,13,15,19H,7H2,1H3,(H,17,20)(H,22,23)/t11?,13?,15-/m1/s1. The van der Waals surface area contributed by atoms with E-state index in [2.05, 4.69) is 5.32 Å². The second kappa shape index (κ2) is 6.29. The van der Waals surface area contributed by atoms with Gasteiger partial charge < -0.3 is 15.5 Å². The highest BCUT2D eigenvalue weighted by molar-refractivity contribution is 8.00. The lowest BCUT2D eigenvalue weighted by Gasteiger charge is -2.51. The predicted octanol–water partition coefficient (Wildman–Crippen LogP) is 0.479. The average Bonchev–Trinajstić information content (AvgIpc) is 2.54. The maximum Gasteiger partial charge on any atom is 0.352 e. The Kier molecular flexibility index (Phi) is 4.33. The van der Waals surface area contributed by atoms with Crippen LogP contribution >= 0.6 is 11.8 Å². The molecule has 0 spiro atoms. The molecule has 3 atom stereocenters. The number of aliphatic hydroxyl groups excluding tert-OH is 1. The van der Waals surface area contributed by atoms with Crippen molar-refractivity contribution in [2.75, 3.05) is 6.61 Å². The third kappa shape index (κ3) is 2.57. The first kappa shape index (κ1) is 16.5. The van der Waals surface area contributed by atoms with Gasteiger partial charge in [-0.3, -0.25) is 14.5 Å². The van der Waals surface area contributed by atoms with E-state index >= 15 is 0 Å². The number of carbonyl (C=O) groups is 3. The molecule has 1 aromatic carbocycles. The highest BCUT2D eigenvalue weighted by atomic mass is 32.2. The largest absolute Gasteiger partial charge is 0.477 e. The van der Waals surface area contributed by atoms with E-state index in [1.807, 2.05) is 30.3 Å². The second-order valence-electron chi connectivity index (χ2n) is 5.54. The quantitative estimate of drug-likeness (QED) is 0.683. The molecule has 2 unspecified atom stereocenters. The van der Waals surface area contributed by atoms with Crippen LogP contribution in [0.25, 0.3) is 0 Å². The van der Waals surface area contributed by atoms with Gasteiger partial charge >= 0.3 is 5.97 Å². The SMILES string of the molecule is CC(=O)NC1S[C@@H]2C(c3ccccc3)C(=O)N2C(C(=O)O)=C1CO. The number of thioether (sulfide) groups is 1. The van der Waals surface area contributed by atoms with Crippen molar-refractivity contribution in [1.82, 2.24) is 10.2 Å². The number of rotatable bonds is 4. The molecule has 0 bridgehead atoms. The summed E-state index contributed by atoms with van der Waals surface area (Å²) >= 11 is 1.26. The Morgan fingerprint density at radius 1 is 1.29 bits per heavy atom. The summed E-state index contributed by atoms with van der Waals surface area (Å²) in [5.74, 6) is -2.41. The monoisotopic (exact) mass is 348 g/mol. The van der Waals surface area contributed by atoms with Crippen LogP contribution in [-0.2, 0) is 14.4 Å². The van der Waals surface area contributed by atoms with Crippen LogP contribution in [0.5, 0.6) is 0 Å². The van der Waals surface area contributed by atoms with Crippen LogP contribution in [0.4, 0.5) is 0 Å². The molecule has 1 saturated heterocycles. The van der Waals surface area contributed by atoms with Crippen LogP contribution in [0.1, 0.15) is 18.4 Å². The molecule has 0 radical (unpaired) electrons. The van der Waals surface area contributed by atoms with E-state index in [9.17, 15) is 24.6 Å². The lowest BCUT2D eigenvalue weighted by molar-refractivity contribution is -0.148. The third-order valence-corrected chi connectivity index (χ3v) is 5.48. The van der Waals surface area contributed by atoms with Crippen molar-refractivity contribution in [3.63, 3.8) is 0 Å². The van der Waals surface area contributed by atoms with Gasteiger partial charge in [-0.2, -0.15) is 0 Å². The van der Waals surface area contributed by atoms with Crippen LogP contribution in [0.2, 0.25) is 0 Å². The Bertz CT molecular complexity index is 733. The lowest BCUT2D eigenvalue weighted by atomic mass is 9.88. The third-order valence-electron chi connectivity index (χ3n) is 4.05. The van der Waals surface area contributed by atoms with Crippen molar-refractivity contribution >= 4 is 29.5 Å². The molecule has 24 heavy (non-hydrogen) atoms. The van der Waals surface area contributed by atoms with E-state index in [0.717, 1.165) is 5.56 Å². The molecule has 3 rings (SSSR count). The van der Waals surface area contributed by atoms with Gasteiger partial charge in [-0.05, 0) is 5.56 Å². The number of carboxylic acids is 1. The maximum absolute atomic E-state index is 12.5. The molecule has 2 aliphatic heterocycles. The van der Waals surface area contributed by atoms with Crippen LogP contribution < -0.4 is 5.32 Å². The Hall–Kier alpha value is -2.32. The zero-order valence-corrected chi connectivity index (χ0v) is 13.6. The molecular weight excluding hydrogens is 332 g/mol. The smallest absolute Gasteiger partial charge is 0.352 e. The fourth-order valence-electron chi connectivity index (χ4n) is 3.01. The van der Waals surface area contributed by atoms with Crippen molar-refractivity contribution in [3.8, 4) is 0 Å². The van der Waals surface area contributed by atoms with Crippen LogP contribution in [0.3, 0.4) is 0 Å². The summed E-state index contributed by atoms with van der Waals surface area (Å²) in [5.41, 5.74) is 0.686. The Morgan fingerprint density at radius 3 is 2.50 bits per heavy atom. The normalized spacial score (nSPS) is 25.8. The van der Waals surface area contributed by atoms with Gasteiger partial charge in [0.25, 0.3) is 0 Å². The Balaban J connectivity index is 2.01. The van der Waals surface area contributed by atoms with Gasteiger partial charge in [-0.25, -0.2) is 4.79 Å². The molecule has 126 valence electrons. The van der Waals surface area contributed by atoms with Crippen molar-refractivity contribution in [1.29, 1.82) is 0 Å². The highest BCUT2D eigenvalue weighted by Crippen LogP contribution is 2.50. The molecule has 2 heterocycles. The summed E-state index contributed by atoms with van der Waals surface area (Å²) in [6.45, 7) is 0.773. The van der Waals surface area contributed by atoms with Crippen LogP contribution in [0, 0.1) is 0 Å². The fourth-order valence-corrected chi connectivity index (χ4v) is 4.64. The fraction of sp³-hybridized carbons (Fsp3) is 0.312. The van der Waals surface area contributed by atoms with E-state index in [-0.39, 0.29) is 23.1 Å². The predicted molar refractivity (Wildman–Crippen MR) is 86.8 cm³/mol. The molecule has 0 aliphatic carbocycles. The first-order valence-electron chi connectivity index (χ1n) is 7.33. The maximum atomic E-state index is 12.5. The number of benzene rings is 1. The van der Waals surface area contributed by atoms with E-state index in [1.54, 1.807) is 0 Å². The molecular formula is C16H16N2O5S. The molecule has 1 aromatic rings. The molecule has 0 saturated carbocycles. The zero-order valence-electron chi connectivity index (χ0n) is 12.8. The molecule has 2 aliphatic rings. The van der Waals surface area contributed by atoms with E-state index in [4.69, 9.17) is 0 Å². The van der Waals surface area contributed by atoms with Gasteiger partial charge in [0.1, 0.15) is 16.4 Å². The minimum atomic E-state index is -1.29. The molecule has 8 heteroatoms. The summed E-state index contributed by atoms with van der Waals surface area (Å²) in [7, 11) is 0. The van der Waals surface area contributed by atoms with E-state index in [0.29, 0.717) is 0 Å². The van der Waals surface area contributed by atoms with Gasteiger partial charge in [0.2, 0.25) is 11.8 Å².